The van der Waals surface area contributed by atoms with Gasteiger partial charge >= 0.3 is 0 Å². The van der Waals surface area contributed by atoms with Gasteiger partial charge in [-0.15, -0.1) is 0 Å². The van der Waals surface area contributed by atoms with Crippen molar-refractivity contribution < 1.29 is 14.3 Å². The molecular weight excluding hydrogens is 252 g/mol. The summed E-state index contributed by atoms with van der Waals surface area (Å²) in [5.74, 6) is 1.38. The van der Waals surface area contributed by atoms with Crippen LogP contribution in [-0.2, 0) is 0 Å². The lowest BCUT2D eigenvalue weighted by Crippen LogP contribution is -2.09. The van der Waals surface area contributed by atoms with Gasteiger partial charge in [0, 0.05) is 11.5 Å². The highest BCUT2D eigenvalue weighted by atomic mass is 16.5. The molecular formula is C17H18O3. The average Bonchev–Trinajstić information content (AvgIpc) is 2.53. The topological polar surface area (TPSA) is 35.5 Å². The molecule has 1 atom stereocenters. The summed E-state index contributed by atoms with van der Waals surface area (Å²) in [5.41, 5.74) is 1.63. The summed E-state index contributed by atoms with van der Waals surface area (Å²) >= 11 is 0. The van der Waals surface area contributed by atoms with Gasteiger partial charge in [0.15, 0.2) is 5.78 Å². The van der Waals surface area contributed by atoms with Crippen molar-refractivity contribution in [3.05, 3.63) is 59.7 Å². The fourth-order valence-electron chi connectivity index (χ4n) is 2.07. The molecule has 0 aliphatic rings. The lowest BCUT2D eigenvalue weighted by Gasteiger charge is -2.12. The van der Waals surface area contributed by atoms with Crippen LogP contribution >= 0.6 is 0 Å². The molecule has 0 spiro atoms. The predicted octanol–water partition coefficient (Wildman–Crippen LogP) is 3.69. The van der Waals surface area contributed by atoms with Gasteiger partial charge in [0.1, 0.15) is 11.5 Å². The maximum absolute atomic E-state index is 12.5. The van der Waals surface area contributed by atoms with Crippen LogP contribution in [-0.4, -0.2) is 20.0 Å². The van der Waals surface area contributed by atoms with Crippen LogP contribution in [0.3, 0.4) is 0 Å². The molecule has 0 aromatic heterocycles. The second-order valence-electron chi connectivity index (χ2n) is 4.59. The van der Waals surface area contributed by atoms with E-state index >= 15 is 0 Å². The molecule has 0 fully saturated rings. The van der Waals surface area contributed by atoms with Crippen LogP contribution < -0.4 is 9.47 Å². The van der Waals surface area contributed by atoms with Crippen molar-refractivity contribution >= 4 is 5.78 Å². The number of ketones is 1. The van der Waals surface area contributed by atoms with Crippen LogP contribution in [0.15, 0.2) is 48.5 Å². The Labute approximate surface area is 119 Å². The summed E-state index contributed by atoms with van der Waals surface area (Å²) in [6, 6.07) is 14.8. The average molecular weight is 270 g/mol. The third-order valence-corrected chi connectivity index (χ3v) is 3.36. The second-order valence-corrected chi connectivity index (χ2v) is 4.59. The minimum atomic E-state index is -0.210. The zero-order chi connectivity index (χ0) is 14.5. The smallest absolute Gasteiger partial charge is 0.170 e. The minimum absolute atomic E-state index is 0.0842. The molecule has 0 heterocycles. The number of methoxy groups -OCH3 is 2. The highest BCUT2D eigenvalue weighted by Crippen LogP contribution is 2.24. The van der Waals surface area contributed by atoms with Gasteiger partial charge in [-0.1, -0.05) is 19.1 Å². The van der Waals surface area contributed by atoms with E-state index in [-0.39, 0.29) is 11.7 Å². The lowest BCUT2D eigenvalue weighted by molar-refractivity contribution is 0.0966. The van der Waals surface area contributed by atoms with Crippen molar-refractivity contribution in [2.24, 2.45) is 0 Å². The number of hydrogen-bond acceptors (Lipinski definition) is 3. The molecule has 3 heteroatoms. The fourth-order valence-corrected chi connectivity index (χ4v) is 2.07. The van der Waals surface area contributed by atoms with Crippen LogP contribution in [0, 0.1) is 0 Å². The SMILES string of the molecule is COc1ccc(C(=O)C(C)c2cccc(OC)c2)cc1. The fraction of sp³-hybridized carbons (Fsp3) is 0.235. The van der Waals surface area contributed by atoms with Gasteiger partial charge in [0.2, 0.25) is 0 Å². The number of hydrogen-bond donors (Lipinski definition) is 0. The summed E-state index contributed by atoms with van der Waals surface area (Å²) in [7, 11) is 3.23. The van der Waals surface area contributed by atoms with E-state index in [4.69, 9.17) is 9.47 Å². The molecule has 0 aliphatic carbocycles. The maximum atomic E-state index is 12.5. The Morgan fingerprint density at radius 2 is 1.60 bits per heavy atom. The number of carbonyl (C=O) groups excluding carboxylic acids is 1. The van der Waals surface area contributed by atoms with E-state index in [1.165, 1.54) is 0 Å². The number of Topliss-reactive ketones (excluding diaryl/α,β-unsaturated/α-hetero) is 1. The molecule has 0 bridgehead atoms. The molecule has 20 heavy (non-hydrogen) atoms. The van der Waals surface area contributed by atoms with Gasteiger partial charge in [-0.2, -0.15) is 0 Å². The molecule has 0 radical (unpaired) electrons. The Morgan fingerprint density at radius 3 is 2.20 bits per heavy atom. The van der Waals surface area contributed by atoms with Crippen LogP contribution in [0.25, 0.3) is 0 Å². The lowest BCUT2D eigenvalue weighted by atomic mass is 9.92. The van der Waals surface area contributed by atoms with E-state index in [2.05, 4.69) is 0 Å². The molecule has 0 aliphatic heterocycles. The molecule has 2 aromatic carbocycles. The molecule has 0 amide bonds. The Kier molecular flexibility index (Phi) is 4.41. The zero-order valence-corrected chi connectivity index (χ0v) is 11.9. The molecule has 3 nitrogen and oxygen atoms in total. The quantitative estimate of drug-likeness (QED) is 0.777. The van der Waals surface area contributed by atoms with Crippen molar-refractivity contribution in [2.45, 2.75) is 12.8 Å². The summed E-state index contributed by atoms with van der Waals surface area (Å²) in [4.78, 5) is 12.5. The van der Waals surface area contributed by atoms with E-state index in [1.807, 2.05) is 31.2 Å². The second kappa shape index (κ2) is 6.24. The zero-order valence-electron chi connectivity index (χ0n) is 11.9. The van der Waals surface area contributed by atoms with Gasteiger partial charge in [0.05, 0.1) is 14.2 Å². The maximum Gasteiger partial charge on any atom is 0.170 e. The highest BCUT2D eigenvalue weighted by Gasteiger charge is 2.17. The van der Waals surface area contributed by atoms with E-state index in [0.29, 0.717) is 5.56 Å². The van der Waals surface area contributed by atoms with Gasteiger partial charge in [-0.25, -0.2) is 0 Å². The summed E-state index contributed by atoms with van der Waals surface area (Å²) < 4.78 is 10.3. The van der Waals surface area contributed by atoms with Crippen molar-refractivity contribution in [2.75, 3.05) is 14.2 Å². The van der Waals surface area contributed by atoms with E-state index in [9.17, 15) is 4.79 Å². The first kappa shape index (κ1) is 14.1. The molecule has 0 saturated carbocycles. The van der Waals surface area contributed by atoms with Crippen LogP contribution in [0.5, 0.6) is 11.5 Å². The first-order chi connectivity index (χ1) is 9.65. The van der Waals surface area contributed by atoms with Crippen molar-refractivity contribution in [1.29, 1.82) is 0 Å². The predicted molar refractivity (Wildman–Crippen MR) is 78.7 cm³/mol. The van der Waals surface area contributed by atoms with Gasteiger partial charge in [0.25, 0.3) is 0 Å². The summed E-state index contributed by atoms with van der Waals surface area (Å²) in [6.07, 6.45) is 0. The van der Waals surface area contributed by atoms with Gasteiger partial charge in [-0.05, 0) is 42.0 Å². The minimum Gasteiger partial charge on any atom is -0.497 e. The van der Waals surface area contributed by atoms with Crippen molar-refractivity contribution in [1.82, 2.24) is 0 Å². The monoisotopic (exact) mass is 270 g/mol. The number of benzene rings is 2. The van der Waals surface area contributed by atoms with Crippen molar-refractivity contribution in [3.8, 4) is 11.5 Å². The number of carbonyl (C=O) groups is 1. The van der Waals surface area contributed by atoms with E-state index in [0.717, 1.165) is 17.1 Å². The molecule has 104 valence electrons. The molecule has 0 saturated heterocycles. The molecule has 0 N–H and O–H groups in total. The van der Waals surface area contributed by atoms with E-state index < -0.39 is 0 Å². The van der Waals surface area contributed by atoms with Crippen LogP contribution in [0.1, 0.15) is 28.8 Å². The largest absolute Gasteiger partial charge is 0.497 e. The number of rotatable bonds is 5. The Morgan fingerprint density at radius 1 is 0.950 bits per heavy atom. The Hall–Kier alpha value is -2.29. The highest BCUT2D eigenvalue weighted by molar-refractivity contribution is 6.00. The van der Waals surface area contributed by atoms with E-state index in [1.54, 1.807) is 38.5 Å². The molecule has 2 aromatic rings. The normalized spacial score (nSPS) is 11.8. The summed E-state index contributed by atoms with van der Waals surface area (Å²) in [6.45, 7) is 1.90. The Bertz CT molecular complexity index is 587. The molecule has 2 rings (SSSR count). The van der Waals surface area contributed by atoms with Crippen LogP contribution in [0.2, 0.25) is 0 Å². The van der Waals surface area contributed by atoms with Crippen LogP contribution in [0.4, 0.5) is 0 Å². The van der Waals surface area contributed by atoms with Gasteiger partial charge in [-0.3, -0.25) is 4.79 Å². The standard InChI is InChI=1S/C17H18O3/c1-12(14-5-4-6-16(11-14)20-3)17(18)13-7-9-15(19-2)10-8-13/h4-12H,1-3H3. The Balaban J connectivity index is 2.22. The molecule has 1 unspecified atom stereocenters. The number of ether oxygens (including phenoxy) is 2. The third-order valence-electron chi connectivity index (χ3n) is 3.36. The first-order valence-electron chi connectivity index (χ1n) is 6.48. The first-order valence-corrected chi connectivity index (χ1v) is 6.48. The third kappa shape index (κ3) is 2.99. The van der Waals surface area contributed by atoms with Gasteiger partial charge < -0.3 is 9.47 Å². The summed E-state index contributed by atoms with van der Waals surface area (Å²) in [5, 5.41) is 0. The van der Waals surface area contributed by atoms with Crippen molar-refractivity contribution in [3.63, 3.8) is 0 Å².